The van der Waals surface area contributed by atoms with Crippen LogP contribution in [0, 0.1) is 5.92 Å². The van der Waals surface area contributed by atoms with Crippen LogP contribution in [-0.2, 0) is 4.79 Å². The van der Waals surface area contributed by atoms with Crippen LogP contribution in [0.15, 0.2) is 34.9 Å². The largest absolute Gasteiger partial charge is 0.481 e. The standard InChI is InChI=1S/C15H15NO4/c17-14(16-12-6-3-5-10(12)15(18)19)11-8-20-13-7-2-1-4-9(11)13/h1-2,4,7-8,10,12H,3,5-6H2,(H,16,17)(H,18,19)/t10-,12+/m1/s1. The van der Waals surface area contributed by atoms with E-state index in [-0.39, 0.29) is 11.9 Å². The van der Waals surface area contributed by atoms with Gasteiger partial charge in [-0.05, 0) is 18.9 Å². The van der Waals surface area contributed by atoms with Crippen LogP contribution in [0.3, 0.4) is 0 Å². The monoisotopic (exact) mass is 273 g/mol. The minimum Gasteiger partial charge on any atom is -0.481 e. The van der Waals surface area contributed by atoms with Crippen LogP contribution in [-0.4, -0.2) is 23.0 Å². The predicted molar refractivity (Wildman–Crippen MR) is 72.4 cm³/mol. The predicted octanol–water partition coefficient (Wildman–Crippen LogP) is 2.42. The van der Waals surface area contributed by atoms with E-state index in [2.05, 4.69) is 5.32 Å². The molecular formula is C15H15NO4. The molecule has 0 bridgehead atoms. The Morgan fingerprint density at radius 3 is 2.85 bits per heavy atom. The first-order valence-corrected chi connectivity index (χ1v) is 6.66. The molecule has 1 aromatic heterocycles. The van der Waals surface area contributed by atoms with E-state index in [0.29, 0.717) is 24.0 Å². The van der Waals surface area contributed by atoms with Gasteiger partial charge < -0.3 is 14.8 Å². The quantitative estimate of drug-likeness (QED) is 0.900. The number of hydrogen-bond acceptors (Lipinski definition) is 3. The van der Waals surface area contributed by atoms with Crippen LogP contribution < -0.4 is 5.32 Å². The number of benzene rings is 1. The fraction of sp³-hybridized carbons (Fsp3) is 0.333. The van der Waals surface area contributed by atoms with E-state index < -0.39 is 11.9 Å². The molecule has 1 fully saturated rings. The van der Waals surface area contributed by atoms with E-state index in [4.69, 9.17) is 9.52 Å². The first-order chi connectivity index (χ1) is 9.66. The number of furan rings is 1. The lowest BCUT2D eigenvalue weighted by Gasteiger charge is -2.17. The van der Waals surface area contributed by atoms with Gasteiger partial charge in [-0.2, -0.15) is 0 Å². The number of carbonyl (C=O) groups excluding carboxylic acids is 1. The van der Waals surface area contributed by atoms with Crippen molar-refractivity contribution in [2.75, 3.05) is 0 Å². The van der Waals surface area contributed by atoms with Crippen molar-refractivity contribution in [2.24, 2.45) is 5.92 Å². The zero-order chi connectivity index (χ0) is 14.1. The molecule has 0 spiro atoms. The maximum Gasteiger partial charge on any atom is 0.308 e. The van der Waals surface area contributed by atoms with Gasteiger partial charge in [0, 0.05) is 11.4 Å². The Labute approximate surface area is 115 Å². The summed E-state index contributed by atoms with van der Waals surface area (Å²) in [6.07, 6.45) is 3.57. The number of aliphatic carboxylic acids is 1. The maximum atomic E-state index is 12.3. The van der Waals surface area contributed by atoms with Gasteiger partial charge in [-0.3, -0.25) is 9.59 Å². The zero-order valence-corrected chi connectivity index (χ0v) is 10.8. The SMILES string of the molecule is O=C(N[C@H]1CCC[C@H]1C(=O)O)c1coc2ccccc12. The molecule has 2 aromatic rings. The molecule has 5 nitrogen and oxygen atoms in total. The van der Waals surface area contributed by atoms with E-state index in [1.165, 1.54) is 6.26 Å². The molecule has 1 aliphatic rings. The molecule has 1 amide bonds. The van der Waals surface area contributed by atoms with Crippen molar-refractivity contribution in [3.63, 3.8) is 0 Å². The molecule has 5 heteroatoms. The summed E-state index contributed by atoms with van der Waals surface area (Å²) >= 11 is 0. The molecule has 2 atom stereocenters. The maximum absolute atomic E-state index is 12.3. The molecule has 0 aliphatic heterocycles. The van der Waals surface area contributed by atoms with Gasteiger partial charge in [0.2, 0.25) is 0 Å². The summed E-state index contributed by atoms with van der Waals surface area (Å²) < 4.78 is 5.33. The Morgan fingerprint density at radius 1 is 1.25 bits per heavy atom. The van der Waals surface area contributed by atoms with Crippen LogP contribution in [0.5, 0.6) is 0 Å². The number of carboxylic acid groups (broad SMARTS) is 1. The van der Waals surface area contributed by atoms with Crippen LogP contribution in [0.1, 0.15) is 29.6 Å². The number of nitrogens with one attached hydrogen (secondary N) is 1. The first-order valence-electron chi connectivity index (χ1n) is 6.66. The van der Waals surface area contributed by atoms with Crippen molar-refractivity contribution in [2.45, 2.75) is 25.3 Å². The van der Waals surface area contributed by atoms with Crippen molar-refractivity contribution in [1.82, 2.24) is 5.32 Å². The first kappa shape index (κ1) is 12.7. The fourth-order valence-corrected chi connectivity index (χ4v) is 2.83. The molecule has 20 heavy (non-hydrogen) atoms. The second kappa shape index (κ2) is 5.00. The van der Waals surface area contributed by atoms with E-state index in [0.717, 1.165) is 11.8 Å². The summed E-state index contributed by atoms with van der Waals surface area (Å²) in [6.45, 7) is 0. The van der Waals surface area contributed by atoms with Gasteiger partial charge in [-0.15, -0.1) is 0 Å². The second-order valence-corrected chi connectivity index (χ2v) is 5.10. The number of hydrogen-bond donors (Lipinski definition) is 2. The number of fused-ring (bicyclic) bond motifs is 1. The van der Waals surface area contributed by atoms with Crippen molar-refractivity contribution in [1.29, 1.82) is 0 Å². The van der Waals surface area contributed by atoms with Crippen molar-refractivity contribution in [3.8, 4) is 0 Å². The van der Waals surface area contributed by atoms with E-state index >= 15 is 0 Å². The van der Waals surface area contributed by atoms with Crippen LogP contribution in [0.25, 0.3) is 11.0 Å². The van der Waals surface area contributed by atoms with Gasteiger partial charge in [0.05, 0.1) is 11.5 Å². The lowest BCUT2D eigenvalue weighted by molar-refractivity contribution is -0.142. The van der Waals surface area contributed by atoms with E-state index in [1.54, 1.807) is 6.07 Å². The summed E-state index contributed by atoms with van der Waals surface area (Å²) in [7, 11) is 0. The number of amides is 1. The minimum atomic E-state index is -0.843. The molecule has 1 heterocycles. The molecule has 1 aromatic carbocycles. The number of carboxylic acids is 1. The minimum absolute atomic E-state index is 0.270. The summed E-state index contributed by atoms with van der Waals surface area (Å²) in [6, 6.07) is 6.99. The summed E-state index contributed by atoms with van der Waals surface area (Å²) in [5, 5.41) is 12.7. The average Bonchev–Trinajstić information content (AvgIpc) is 3.04. The molecule has 3 rings (SSSR count). The summed E-state index contributed by atoms with van der Waals surface area (Å²) in [5.41, 5.74) is 1.11. The number of carbonyl (C=O) groups is 2. The Bertz CT molecular complexity index is 661. The highest BCUT2D eigenvalue weighted by Gasteiger charge is 2.34. The summed E-state index contributed by atoms with van der Waals surface area (Å²) in [5.74, 6) is -1.60. The topological polar surface area (TPSA) is 79.5 Å². The molecule has 104 valence electrons. The Morgan fingerprint density at radius 2 is 2.05 bits per heavy atom. The molecule has 2 N–H and O–H groups in total. The normalized spacial score (nSPS) is 22.0. The van der Waals surface area contributed by atoms with E-state index in [1.807, 2.05) is 18.2 Å². The van der Waals surface area contributed by atoms with Gasteiger partial charge in [-0.1, -0.05) is 24.6 Å². The summed E-state index contributed by atoms with van der Waals surface area (Å²) in [4.78, 5) is 23.4. The van der Waals surface area contributed by atoms with Gasteiger partial charge in [0.15, 0.2) is 0 Å². The fourth-order valence-electron chi connectivity index (χ4n) is 2.83. The molecule has 1 saturated carbocycles. The lowest BCUT2D eigenvalue weighted by atomic mass is 10.0. The molecule has 0 radical (unpaired) electrons. The van der Waals surface area contributed by atoms with Crippen LogP contribution >= 0.6 is 0 Å². The van der Waals surface area contributed by atoms with Gasteiger partial charge in [-0.25, -0.2) is 0 Å². The Kier molecular flexibility index (Phi) is 3.18. The third kappa shape index (κ3) is 2.15. The Balaban J connectivity index is 1.81. The van der Waals surface area contributed by atoms with Crippen molar-refractivity contribution in [3.05, 3.63) is 36.1 Å². The van der Waals surface area contributed by atoms with Crippen molar-refractivity contribution < 1.29 is 19.1 Å². The average molecular weight is 273 g/mol. The smallest absolute Gasteiger partial charge is 0.308 e. The Hall–Kier alpha value is -2.30. The van der Waals surface area contributed by atoms with Gasteiger partial charge in [0.25, 0.3) is 5.91 Å². The molecular weight excluding hydrogens is 258 g/mol. The highest BCUT2D eigenvalue weighted by molar-refractivity contribution is 6.06. The molecule has 0 saturated heterocycles. The van der Waals surface area contributed by atoms with Crippen LogP contribution in [0.4, 0.5) is 0 Å². The highest BCUT2D eigenvalue weighted by Crippen LogP contribution is 2.27. The third-order valence-corrected chi connectivity index (χ3v) is 3.88. The number of para-hydroxylation sites is 1. The van der Waals surface area contributed by atoms with Crippen molar-refractivity contribution >= 4 is 22.8 Å². The lowest BCUT2D eigenvalue weighted by Crippen LogP contribution is -2.40. The number of rotatable bonds is 3. The highest BCUT2D eigenvalue weighted by atomic mass is 16.4. The molecule has 1 aliphatic carbocycles. The zero-order valence-electron chi connectivity index (χ0n) is 10.8. The third-order valence-electron chi connectivity index (χ3n) is 3.88. The van der Waals surface area contributed by atoms with Gasteiger partial charge in [0.1, 0.15) is 11.8 Å². The van der Waals surface area contributed by atoms with Crippen LogP contribution in [0.2, 0.25) is 0 Å². The molecule has 0 unspecified atom stereocenters. The van der Waals surface area contributed by atoms with E-state index in [9.17, 15) is 9.59 Å². The van der Waals surface area contributed by atoms with Gasteiger partial charge >= 0.3 is 5.97 Å². The second-order valence-electron chi connectivity index (χ2n) is 5.10.